The van der Waals surface area contributed by atoms with Gasteiger partial charge in [0, 0.05) is 35.8 Å². The summed E-state index contributed by atoms with van der Waals surface area (Å²) in [5.41, 5.74) is 4.75. The minimum absolute atomic E-state index is 0.0967. The lowest BCUT2D eigenvalue weighted by Crippen LogP contribution is -2.33. The minimum atomic E-state index is -0.480. The zero-order chi connectivity index (χ0) is 21.6. The lowest BCUT2D eigenvalue weighted by molar-refractivity contribution is -0.113. The smallest absolute Gasteiger partial charge is 0.115 e. The molecule has 0 aliphatic carbocycles. The lowest BCUT2D eigenvalue weighted by Gasteiger charge is -2.32. The van der Waals surface area contributed by atoms with Crippen molar-refractivity contribution in [1.29, 1.82) is 0 Å². The Labute approximate surface area is 186 Å². The van der Waals surface area contributed by atoms with Crippen LogP contribution in [0.4, 0.5) is 0 Å². The van der Waals surface area contributed by atoms with Crippen LogP contribution in [0, 0.1) is 11.8 Å². The molecular weight excluding hydrogens is 412 g/mol. The lowest BCUT2D eigenvalue weighted by atomic mass is 9.94. The molecule has 3 atom stereocenters. The molecule has 5 nitrogen and oxygen atoms in total. The largest absolute Gasteiger partial charge is 0.394 e. The Bertz CT molecular complexity index is 1080. The van der Waals surface area contributed by atoms with Crippen molar-refractivity contribution >= 4 is 11.6 Å². The van der Waals surface area contributed by atoms with Gasteiger partial charge in [-0.05, 0) is 41.3 Å². The van der Waals surface area contributed by atoms with Crippen molar-refractivity contribution in [2.75, 3.05) is 6.61 Å². The van der Waals surface area contributed by atoms with E-state index in [4.69, 9.17) is 16.3 Å². The van der Waals surface area contributed by atoms with Gasteiger partial charge in [0.15, 0.2) is 0 Å². The van der Waals surface area contributed by atoms with E-state index in [0.717, 1.165) is 27.8 Å². The van der Waals surface area contributed by atoms with Crippen LogP contribution in [-0.2, 0) is 11.2 Å². The van der Waals surface area contributed by atoms with Gasteiger partial charge >= 0.3 is 0 Å². The van der Waals surface area contributed by atoms with Crippen LogP contribution in [0.25, 0.3) is 0 Å². The molecule has 2 unspecified atom stereocenters. The number of aromatic nitrogens is 2. The molecule has 31 heavy (non-hydrogen) atoms. The molecule has 158 valence electrons. The highest BCUT2D eigenvalue weighted by atomic mass is 35.5. The van der Waals surface area contributed by atoms with Crippen molar-refractivity contribution in [2.24, 2.45) is 0 Å². The summed E-state index contributed by atoms with van der Waals surface area (Å²) in [6.45, 7) is -0.0967. The van der Waals surface area contributed by atoms with E-state index in [1.54, 1.807) is 12.4 Å². The highest BCUT2D eigenvalue weighted by Crippen LogP contribution is 2.33. The van der Waals surface area contributed by atoms with Gasteiger partial charge in [0.2, 0.25) is 0 Å². The average Bonchev–Trinajstić information content (AvgIpc) is 2.80. The van der Waals surface area contributed by atoms with Crippen LogP contribution in [0.1, 0.15) is 46.8 Å². The zero-order valence-corrected chi connectivity index (χ0v) is 17.7. The van der Waals surface area contributed by atoms with Crippen LogP contribution in [0.15, 0.2) is 61.2 Å². The van der Waals surface area contributed by atoms with Crippen molar-refractivity contribution in [2.45, 2.75) is 37.6 Å². The second kappa shape index (κ2) is 10.0. The van der Waals surface area contributed by atoms with Crippen molar-refractivity contribution in [1.82, 2.24) is 9.97 Å². The quantitative estimate of drug-likeness (QED) is 0.612. The molecule has 1 aliphatic heterocycles. The van der Waals surface area contributed by atoms with Crippen LogP contribution >= 0.6 is 11.6 Å². The topological polar surface area (TPSA) is 75.5 Å². The van der Waals surface area contributed by atoms with E-state index in [0.29, 0.717) is 24.3 Å². The zero-order valence-electron chi connectivity index (χ0n) is 16.9. The summed E-state index contributed by atoms with van der Waals surface area (Å²) in [7, 11) is 0. The summed E-state index contributed by atoms with van der Waals surface area (Å²) < 4.78 is 5.94. The molecule has 3 aromatic rings. The van der Waals surface area contributed by atoms with E-state index in [-0.39, 0.29) is 18.8 Å². The average molecular weight is 435 g/mol. The Balaban J connectivity index is 1.48. The van der Waals surface area contributed by atoms with Gasteiger partial charge in [0.05, 0.1) is 30.5 Å². The summed E-state index contributed by atoms with van der Waals surface area (Å²) in [6, 6.07) is 13.9. The highest BCUT2D eigenvalue weighted by Gasteiger charge is 2.29. The van der Waals surface area contributed by atoms with E-state index in [9.17, 15) is 10.2 Å². The van der Waals surface area contributed by atoms with Crippen molar-refractivity contribution in [3.63, 3.8) is 0 Å². The third-order valence-electron chi connectivity index (χ3n) is 5.28. The normalized spacial score (nSPS) is 20.7. The Hall–Kier alpha value is -2.75. The third kappa shape index (κ3) is 5.69. The second-order valence-electron chi connectivity index (χ2n) is 7.66. The molecule has 1 fully saturated rings. The number of benzene rings is 2. The monoisotopic (exact) mass is 434 g/mol. The van der Waals surface area contributed by atoms with Gasteiger partial charge < -0.3 is 14.9 Å². The molecule has 0 spiro atoms. The third-order valence-corrected chi connectivity index (χ3v) is 5.65. The molecule has 2 heterocycles. The maximum atomic E-state index is 10.1. The van der Waals surface area contributed by atoms with Crippen LogP contribution in [0.5, 0.6) is 0 Å². The molecule has 0 amide bonds. The Morgan fingerprint density at radius 2 is 1.74 bits per heavy atom. The van der Waals surface area contributed by atoms with Gasteiger partial charge in [0.25, 0.3) is 0 Å². The Morgan fingerprint density at radius 1 is 1.00 bits per heavy atom. The molecule has 1 saturated heterocycles. The van der Waals surface area contributed by atoms with Gasteiger partial charge in [0.1, 0.15) is 6.33 Å². The number of halogens is 1. The molecule has 2 N–H and O–H groups in total. The van der Waals surface area contributed by atoms with E-state index in [1.807, 2.05) is 42.5 Å². The number of aliphatic hydroxyl groups is 2. The van der Waals surface area contributed by atoms with Crippen LogP contribution < -0.4 is 0 Å². The van der Waals surface area contributed by atoms with Crippen LogP contribution in [0.3, 0.4) is 0 Å². The Kier molecular flexibility index (Phi) is 6.96. The predicted octanol–water partition coefficient (Wildman–Crippen LogP) is 3.69. The summed E-state index contributed by atoms with van der Waals surface area (Å²) >= 11 is 6.45. The van der Waals surface area contributed by atoms with Crippen molar-refractivity contribution < 1.29 is 14.9 Å². The molecule has 4 rings (SSSR count). The first-order chi connectivity index (χ1) is 15.1. The first-order valence-electron chi connectivity index (χ1n) is 10.2. The van der Waals surface area contributed by atoms with Crippen LogP contribution in [0.2, 0.25) is 5.02 Å². The first-order valence-corrected chi connectivity index (χ1v) is 10.6. The molecular formula is C25H23ClN2O3. The van der Waals surface area contributed by atoms with Gasteiger partial charge in [-0.1, -0.05) is 47.7 Å². The maximum absolute atomic E-state index is 10.1. The number of rotatable bonds is 4. The fraction of sp³-hybridized carbons (Fsp3) is 0.280. The molecule has 2 aromatic carbocycles. The van der Waals surface area contributed by atoms with Crippen LogP contribution in [-0.4, -0.2) is 39.0 Å². The fourth-order valence-corrected chi connectivity index (χ4v) is 3.87. The second-order valence-corrected chi connectivity index (χ2v) is 8.06. The van der Waals surface area contributed by atoms with E-state index >= 15 is 0 Å². The summed E-state index contributed by atoms with van der Waals surface area (Å²) in [5.74, 6) is 6.16. The van der Waals surface area contributed by atoms with E-state index in [2.05, 4.69) is 21.8 Å². The molecule has 0 radical (unpaired) electrons. The van der Waals surface area contributed by atoms with Gasteiger partial charge in [-0.15, -0.1) is 0 Å². The molecule has 1 aromatic heterocycles. The number of aliphatic hydroxyl groups excluding tert-OH is 2. The first kappa shape index (κ1) is 21.5. The van der Waals surface area contributed by atoms with E-state index in [1.165, 1.54) is 6.33 Å². The summed E-state index contributed by atoms with van der Waals surface area (Å²) in [6.07, 6.45) is 5.41. The number of hydrogen-bond acceptors (Lipinski definition) is 5. The van der Waals surface area contributed by atoms with Crippen molar-refractivity contribution in [3.8, 4) is 11.8 Å². The fourth-order valence-electron chi connectivity index (χ4n) is 3.69. The minimum Gasteiger partial charge on any atom is -0.394 e. The number of ether oxygens (including phenoxy) is 1. The SMILES string of the molecule is OCC1CC(O)C[C@H](c2ccc(Cl)c(Cc3ccc(C#Cc4cncnc4)cc3)c2)O1. The summed E-state index contributed by atoms with van der Waals surface area (Å²) in [5, 5.41) is 20.2. The van der Waals surface area contributed by atoms with E-state index < -0.39 is 6.10 Å². The number of nitrogens with zero attached hydrogens (tertiary/aromatic N) is 2. The molecule has 1 aliphatic rings. The van der Waals surface area contributed by atoms with Crippen molar-refractivity contribution in [3.05, 3.63) is 94.0 Å². The maximum Gasteiger partial charge on any atom is 0.115 e. The van der Waals surface area contributed by atoms with Gasteiger partial charge in [-0.3, -0.25) is 0 Å². The van der Waals surface area contributed by atoms with Gasteiger partial charge in [-0.2, -0.15) is 0 Å². The Morgan fingerprint density at radius 3 is 2.48 bits per heavy atom. The molecule has 6 heteroatoms. The molecule has 0 bridgehead atoms. The predicted molar refractivity (Wildman–Crippen MR) is 119 cm³/mol. The summed E-state index contributed by atoms with van der Waals surface area (Å²) in [4.78, 5) is 7.92. The standard InChI is InChI=1S/C25H23ClN2O3/c26-24-8-7-20(25-12-22(30)11-23(15-29)31-25)10-21(24)9-18-4-1-17(2-5-18)3-6-19-13-27-16-28-14-19/h1-2,4-5,7-8,10,13-14,16,22-23,25,29-30H,9,11-12,15H2/t22?,23?,25-/m1/s1. The molecule has 0 saturated carbocycles. The van der Waals surface area contributed by atoms with Gasteiger partial charge in [-0.25, -0.2) is 9.97 Å². The number of hydrogen-bond donors (Lipinski definition) is 2. The highest BCUT2D eigenvalue weighted by molar-refractivity contribution is 6.31.